The van der Waals surface area contributed by atoms with E-state index in [9.17, 15) is 9.18 Å². The number of carbonyl (C=O) groups excluding carboxylic acids is 1. The highest BCUT2D eigenvalue weighted by atomic mass is 19.1. The van der Waals surface area contributed by atoms with Crippen molar-refractivity contribution in [2.24, 2.45) is 11.8 Å². The fourth-order valence-electron chi connectivity index (χ4n) is 2.10. The summed E-state index contributed by atoms with van der Waals surface area (Å²) < 4.78 is 13.8. The molecule has 0 aliphatic carbocycles. The molecule has 0 N–H and O–H groups in total. The molecule has 0 fully saturated rings. The van der Waals surface area contributed by atoms with E-state index in [0.29, 0.717) is 18.1 Å². The van der Waals surface area contributed by atoms with E-state index in [4.69, 9.17) is 0 Å². The maximum Gasteiger partial charge on any atom is 0.155 e. The largest absolute Gasteiger partial charge is 0.371 e. The lowest BCUT2D eigenvalue weighted by Crippen LogP contribution is -2.28. The molecular weight excluding hydrogens is 253 g/mol. The van der Waals surface area contributed by atoms with Crippen LogP contribution in [0.15, 0.2) is 18.2 Å². The minimum absolute atomic E-state index is 0.181. The maximum absolute atomic E-state index is 13.8. The molecule has 0 unspecified atom stereocenters. The van der Waals surface area contributed by atoms with Crippen LogP contribution in [-0.4, -0.2) is 19.4 Å². The van der Waals surface area contributed by atoms with Crippen molar-refractivity contribution in [3.8, 4) is 0 Å². The number of hydrogen-bond acceptors (Lipinski definition) is 2. The number of anilines is 1. The molecule has 112 valence electrons. The van der Waals surface area contributed by atoms with Crippen LogP contribution < -0.4 is 4.90 Å². The van der Waals surface area contributed by atoms with Gasteiger partial charge in [0.2, 0.25) is 0 Å². The van der Waals surface area contributed by atoms with Gasteiger partial charge in [0.05, 0.1) is 11.3 Å². The lowest BCUT2D eigenvalue weighted by atomic mass is 10.1. The molecule has 0 heterocycles. The first-order chi connectivity index (χ1) is 9.45. The van der Waals surface area contributed by atoms with Gasteiger partial charge in [-0.3, -0.25) is 4.79 Å². The second-order valence-electron chi connectivity index (χ2n) is 6.14. The Morgan fingerprint density at radius 1 is 1.10 bits per heavy atom. The van der Waals surface area contributed by atoms with Crippen LogP contribution in [0.1, 0.15) is 50.9 Å². The van der Waals surface area contributed by atoms with E-state index in [1.807, 2.05) is 6.07 Å². The zero-order valence-electron chi connectivity index (χ0n) is 13.0. The first kappa shape index (κ1) is 16.7. The smallest absolute Gasteiger partial charge is 0.155 e. The molecule has 1 rings (SSSR count). The van der Waals surface area contributed by atoms with Gasteiger partial charge in [-0.2, -0.15) is 0 Å². The molecule has 0 bridgehead atoms. The molecule has 20 heavy (non-hydrogen) atoms. The summed E-state index contributed by atoms with van der Waals surface area (Å²) in [5.41, 5.74) is 0.904. The maximum atomic E-state index is 13.8. The lowest BCUT2D eigenvalue weighted by molar-refractivity contribution is 0.112. The fraction of sp³-hybridized carbons (Fsp3) is 0.588. The topological polar surface area (TPSA) is 20.3 Å². The molecular formula is C17H26FNO. The van der Waals surface area contributed by atoms with Crippen molar-refractivity contribution < 1.29 is 9.18 Å². The van der Waals surface area contributed by atoms with Crippen LogP contribution in [0, 0.1) is 17.7 Å². The van der Waals surface area contributed by atoms with Crippen LogP contribution in [0.25, 0.3) is 0 Å². The molecule has 0 saturated carbocycles. The number of benzene rings is 1. The predicted octanol–water partition coefficient (Wildman–Crippen LogP) is 4.54. The Labute approximate surface area is 122 Å². The van der Waals surface area contributed by atoms with Crippen molar-refractivity contribution in [1.82, 2.24) is 0 Å². The number of rotatable bonds is 8. The Balaban J connectivity index is 2.96. The number of halogens is 1. The van der Waals surface area contributed by atoms with Gasteiger partial charge in [-0.05, 0) is 36.8 Å². The average molecular weight is 279 g/mol. The van der Waals surface area contributed by atoms with Crippen LogP contribution in [-0.2, 0) is 0 Å². The van der Waals surface area contributed by atoms with Crippen molar-refractivity contribution in [3.05, 3.63) is 29.6 Å². The van der Waals surface area contributed by atoms with Gasteiger partial charge in [-0.25, -0.2) is 4.39 Å². The van der Waals surface area contributed by atoms with E-state index >= 15 is 0 Å². The summed E-state index contributed by atoms with van der Waals surface area (Å²) in [4.78, 5) is 13.3. The third-order valence-corrected chi connectivity index (χ3v) is 3.44. The van der Waals surface area contributed by atoms with E-state index in [1.54, 1.807) is 6.07 Å². The molecule has 3 heteroatoms. The molecule has 0 atom stereocenters. The van der Waals surface area contributed by atoms with Gasteiger partial charge in [0.25, 0.3) is 0 Å². The van der Waals surface area contributed by atoms with Gasteiger partial charge in [-0.15, -0.1) is 0 Å². The van der Waals surface area contributed by atoms with Gasteiger partial charge in [0, 0.05) is 13.1 Å². The summed E-state index contributed by atoms with van der Waals surface area (Å²) in [5, 5.41) is 0. The molecule has 0 saturated heterocycles. The quantitative estimate of drug-likeness (QED) is 0.651. The third-order valence-electron chi connectivity index (χ3n) is 3.44. The number of aldehydes is 1. The zero-order chi connectivity index (χ0) is 15.1. The molecule has 0 radical (unpaired) electrons. The van der Waals surface area contributed by atoms with Crippen molar-refractivity contribution in [2.45, 2.75) is 40.5 Å². The molecule has 0 amide bonds. The van der Waals surface area contributed by atoms with Crippen molar-refractivity contribution in [2.75, 3.05) is 18.0 Å². The normalized spacial score (nSPS) is 11.2. The van der Waals surface area contributed by atoms with E-state index in [2.05, 4.69) is 32.6 Å². The summed E-state index contributed by atoms with van der Waals surface area (Å²) >= 11 is 0. The second kappa shape index (κ2) is 8.03. The van der Waals surface area contributed by atoms with E-state index < -0.39 is 5.82 Å². The van der Waals surface area contributed by atoms with Crippen molar-refractivity contribution >= 4 is 12.0 Å². The Morgan fingerprint density at radius 3 is 2.10 bits per heavy atom. The standard InChI is InChI=1S/C17H26FNO/c1-13(2)8-10-19(11-9-14(3)4)17-7-5-6-16(18)15(17)12-20/h5-7,12-14H,8-11H2,1-4H3. The van der Waals surface area contributed by atoms with Crippen LogP contribution in [0.4, 0.5) is 10.1 Å². The monoisotopic (exact) mass is 279 g/mol. The van der Waals surface area contributed by atoms with Gasteiger partial charge in [0.1, 0.15) is 5.82 Å². The van der Waals surface area contributed by atoms with Gasteiger partial charge in [-0.1, -0.05) is 33.8 Å². The van der Waals surface area contributed by atoms with E-state index in [1.165, 1.54) is 6.07 Å². The highest BCUT2D eigenvalue weighted by Crippen LogP contribution is 2.23. The van der Waals surface area contributed by atoms with Crippen LogP contribution in [0.5, 0.6) is 0 Å². The average Bonchev–Trinajstić information content (AvgIpc) is 2.38. The molecule has 0 spiro atoms. The van der Waals surface area contributed by atoms with Crippen LogP contribution >= 0.6 is 0 Å². The van der Waals surface area contributed by atoms with Crippen molar-refractivity contribution in [1.29, 1.82) is 0 Å². The summed E-state index contributed by atoms with van der Waals surface area (Å²) in [6.45, 7) is 10.4. The fourth-order valence-corrected chi connectivity index (χ4v) is 2.10. The molecule has 1 aromatic carbocycles. The SMILES string of the molecule is CC(C)CCN(CCC(C)C)c1cccc(F)c1C=O. The Hall–Kier alpha value is -1.38. The van der Waals surface area contributed by atoms with E-state index in [0.717, 1.165) is 31.6 Å². The zero-order valence-corrected chi connectivity index (χ0v) is 13.0. The van der Waals surface area contributed by atoms with Crippen molar-refractivity contribution in [3.63, 3.8) is 0 Å². The number of carbonyl (C=O) groups is 1. The van der Waals surface area contributed by atoms with Crippen LogP contribution in [0.3, 0.4) is 0 Å². The third kappa shape index (κ3) is 4.95. The minimum Gasteiger partial charge on any atom is -0.371 e. The molecule has 1 aromatic rings. The van der Waals surface area contributed by atoms with Crippen LogP contribution in [0.2, 0.25) is 0 Å². The summed E-state index contributed by atoms with van der Waals surface area (Å²) in [6.07, 6.45) is 2.70. The second-order valence-corrected chi connectivity index (χ2v) is 6.14. The molecule has 2 nitrogen and oxygen atoms in total. The molecule has 0 aliphatic rings. The number of nitrogens with zero attached hydrogens (tertiary/aromatic N) is 1. The molecule has 0 aromatic heterocycles. The van der Waals surface area contributed by atoms with Gasteiger partial charge >= 0.3 is 0 Å². The predicted molar refractivity (Wildman–Crippen MR) is 82.9 cm³/mol. The Bertz CT molecular complexity index is 417. The highest BCUT2D eigenvalue weighted by molar-refractivity contribution is 5.85. The molecule has 0 aliphatic heterocycles. The summed E-state index contributed by atoms with van der Waals surface area (Å²) in [5.74, 6) is 0.742. The first-order valence-electron chi connectivity index (χ1n) is 7.44. The van der Waals surface area contributed by atoms with Gasteiger partial charge in [0.15, 0.2) is 6.29 Å². The number of hydrogen-bond donors (Lipinski definition) is 0. The van der Waals surface area contributed by atoms with E-state index in [-0.39, 0.29) is 5.56 Å². The Kier molecular flexibility index (Phi) is 6.69. The Morgan fingerprint density at radius 2 is 1.65 bits per heavy atom. The first-order valence-corrected chi connectivity index (χ1v) is 7.44. The summed E-state index contributed by atoms with van der Waals surface area (Å²) in [7, 11) is 0. The van der Waals surface area contributed by atoms with Gasteiger partial charge < -0.3 is 4.90 Å². The summed E-state index contributed by atoms with van der Waals surface area (Å²) in [6, 6.07) is 4.86. The highest BCUT2D eigenvalue weighted by Gasteiger charge is 2.15. The minimum atomic E-state index is -0.434. The lowest BCUT2D eigenvalue weighted by Gasteiger charge is -2.27.